The molecule has 0 saturated carbocycles. The Hall–Kier alpha value is -1.62. The Morgan fingerprint density at radius 1 is 1.47 bits per heavy atom. The zero-order chi connectivity index (χ0) is 14.3. The molecule has 1 rings (SSSR count). The molecule has 4 nitrogen and oxygen atoms in total. The minimum Gasteiger partial charge on any atom is -0.497 e. The van der Waals surface area contributed by atoms with Gasteiger partial charge in [-0.3, -0.25) is 4.79 Å². The van der Waals surface area contributed by atoms with E-state index in [1.165, 1.54) is 0 Å². The molecule has 2 N–H and O–H groups in total. The van der Waals surface area contributed by atoms with E-state index in [9.17, 15) is 4.79 Å². The smallest absolute Gasteiger partial charge is 0.226 e. The highest BCUT2D eigenvalue weighted by atomic mass is 32.1. The molecule has 19 heavy (non-hydrogen) atoms. The molecule has 0 atom stereocenters. The molecule has 0 bridgehead atoms. The number of nitrogens with two attached hydrogens (primary N) is 1. The molecule has 0 saturated heterocycles. The summed E-state index contributed by atoms with van der Waals surface area (Å²) in [5.74, 6) is 0.837. The third-order valence-electron chi connectivity index (χ3n) is 2.85. The van der Waals surface area contributed by atoms with Crippen LogP contribution in [0.15, 0.2) is 24.3 Å². The van der Waals surface area contributed by atoms with Gasteiger partial charge in [0, 0.05) is 19.5 Å². The van der Waals surface area contributed by atoms with Crippen molar-refractivity contribution in [2.24, 2.45) is 5.73 Å². The molecule has 0 aliphatic heterocycles. The average Bonchev–Trinajstić information content (AvgIpc) is 2.39. The number of amides is 1. The first-order valence-corrected chi connectivity index (χ1v) is 6.66. The zero-order valence-electron chi connectivity index (χ0n) is 11.4. The van der Waals surface area contributed by atoms with Crippen molar-refractivity contribution >= 4 is 23.1 Å². The molecule has 0 aromatic heterocycles. The molecule has 104 valence electrons. The topological polar surface area (TPSA) is 55.6 Å². The summed E-state index contributed by atoms with van der Waals surface area (Å²) in [4.78, 5) is 14.4. The van der Waals surface area contributed by atoms with Crippen molar-refractivity contribution in [3.8, 4) is 5.75 Å². The number of carbonyl (C=O) groups is 1. The standard InChI is InChI=1S/C14H20N2O2S/c1-3-16(8-7-13(15)19)14(17)10-11-5-4-6-12(9-11)18-2/h4-6,9H,3,7-8,10H2,1-2H3,(H2,15,19). The second-order valence-electron chi connectivity index (χ2n) is 4.22. The van der Waals surface area contributed by atoms with Crippen molar-refractivity contribution in [3.63, 3.8) is 0 Å². The zero-order valence-corrected chi connectivity index (χ0v) is 12.2. The van der Waals surface area contributed by atoms with Gasteiger partial charge in [0.2, 0.25) is 5.91 Å². The van der Waals surface area contributed by atoms with Crippen LogP contribution < -0.4 is 10.5 Å². The SMILES string of the molecule is CCN(CCC(N)=S)C(=O)Cc1cccc(OC)c1. The van der Waals surface area contributed by atoms with Crippen LogP contribution in [0.2, 0.25) is 0 Å². The number of ether oxygens (including phenoxy) is 1. The third-order valence-corrected chi connectivity index (χ3v) is 3.06. The van der Waals surface area contributed by atoms with Crippen LogP contribution in [-0.4, -0.2) is 36.0 Å². The van der Waals surface area contributed by atoms with Crippen LogP contribution in [0.3, 0.4) is 0 Å². The summed E-state index contributed by atoms with van der Waals surface area (Å²) in [5, 5.41) is 0. The van der Waals surface area contributed by atoms with E-state index in [1.54, 1.807) is 12.0 Å². The Morgan fingerprint density at radius 3 is 2.79 bits per heavy atom. The van der Waals surface area contributed by atoms with E-state index in [4.69, 9.17) is 22.7 Å². The summed E-state index contributed by atoms with van der Waals surface area (Å²) in [7, 11) is 1.61. The number of thiocarbonyl (C=S) groups is 1. The first-order chi connectivity index (χ1) is 9.06. The minimum atomic E-state index is 0.0759. The Kier molecular flexibility index (Phi) is 6.29. The number of rotatable bonds is 7. The molecular formula is C14H20N2O2S. The van der Waals surface area contributed by atoms with Crippen molar-refractivity contribution in [1.29, 1.82) is 0 Å². The van der Waals surface area contributed by atoms with Crippen LogP contribution in [0.5, 0.6) is 5.75 Å². The summed E-state index contributed by atoms with van der Waals surface area (Å²) in [6.07, 6.45) is 0.926. The number of nitrogens with zero attached hydrogens (tertiary/aromatic N) is 1. The molecule has 0 spiro atoms. The molecule has 1 amide bonds. The molecule has 0 fully saturated rings. The molecule has 0 aliphatic carbocycles. The fraction of sp³-hybridized carbons (Fsp3) is 0.429. The predicted molar refractivity (Wildman–Crippen MR) is 80.4 cm³/mol. The van der Waals surface area contributed by atoms with Gasteiger partial charge in [0.25, 0.3) is 0 Å². The van der Waals surface area contributed by atoms with Crippen LogP contribution in [0, 0.1) is 0 Å². The fourth-order valence-corrected chi connectivity index (χ4v) is 1.86. The summed E-state index contributed by atoms with van der Waals surface area (Å²) in [6.45, 7) is 3.18. The number of hydrogen-bond acceptors (Lipinski definition) is 3. The molecule has 0 aliphatic rings. The average molecular weight is 280 g/mol. The summed E-state index contributed by atoms with van der Waals surface area (Å²) in [5.41, 5.74) is 6.41. The number of methoxy groups -OCH3 is 1. The lowest BCUT2D eigenvalue weighted by Gasteiger charge is -2.20. The normalized spacial score (nSPS) is 10.0. The van der Waals surface area contributed by atoms with Gasteiger partial charge in [0.15, 0.2) is 0 Å². The molecule has 1 aromatic rings. The second-order valence-corrected chi connectivity index (χ2v) is 4.74. The van der Waals surface area contributed by atoms with Crippen LogP contribution in [0.25, 0.3) is 0 Å². The molecule has 0 radical (unpaired) electrons. The number of likely N-dealkylation sites (N-methyl/N-ethyl adjacent to an activating group) is 1. The van der Waals surface area contributed by atoms with Crippen molar-refractivity contribution in [2.75, 3.05) is 20.2 Å². The lowest BCUT2D eigenvalue weighted by molar-refractivity contribution is -0.130. The Labute approximate surface area is 119 Å². The summed E-state index contributed by atoms with van der Waals surface area (Å²) >= 11 is 4.83. The van der Waals surface area contributed by atoms with Crippen LogP contribution in [0.1, 0.15) is 18.9 Å². The van der Waals surface area contributed by atoms with E-state index < -0.39 is 0 Å². The highest BCUT2D eigenvalue weighted by Crippen LogP contribution is 2.13. The van der Waals surface area contributed by atoms with E-state index in [-0.39, 0.29) is 5.91 Å². The van der Waals surface area contributed by atoms with Gasteiger partial charge in [-0.05, 0) is 24.6 Å². The van der Waals surface area contributed by atoms with E-state index in [0.29, 0.717) is 30.9 Å². The molecule has 0 heterocycles. The minimum absolute atomic E-state index is 0.0759. The highest BCUT2D eigenvalue weighted by Gasteiger charge is 2.12. The van der Waals surface area contributed by atoms with Gasteiger partial charge in [-0.1, -0.05) is 24.4 Å². The van der Waals surface area contributed by atoms with Crippen LogP contribution in [-0.2, 0) is 11.2 Å². The maximum Gasteiger partial charge on any atom is 0.226 e. The van der Waals surface area contributed by atoms with E-state index >= 15 is 0 Å². The van der Waals surface area contributed by atoms with Gasteiger partial charge in [-0.15, -0.1) is 0 Å². The highest BCUT2D eigenvalue weighted by molar-refractivity contribution is 7.80. The fourth-order valence-electron chi connectivity index (χ4n) is 1.77. The van der Waals surface area contributed by atoms with Gasteiger partial charge < -0.3 is 15.4 Å². The van der Waals surface area contributed by atoms with Crippen molar-refractivity contribution in [3.05, 3.63) is 29.8 Å². The summed E-state index contributed by atoms with van der Waals surface area (Å²) in [6, 6.07) is 7.53. The van der Waals surface area contributed by atoms with Crippen molar-refractivity contribution in [1.82, 2.24) is 4.90 Å². The van der Waals surface area contributed by atoms with E-state index in [0.717, 1.165) is 11.3 Å². The largest absolute Gasteiger partial charge is 0.497 e. The predicted octanol–water partition coefficient (Wildman–Crippen LogP) is 1.76. The van der Waals surface area contributed by atoms with Gasteiger partial charge in [-0.25, -0.2) is 0 Å². The lowest BCUT2D eigenvalue weighted by Crippen LogP contribution is -2.34. The van der Waals surface area contributed by atoms with Crippen molar-refractivity contribution < 1.29 is 9.53 Å². The lowest BCUT2D eigenvalue weighted by atomic mass is 10.1. The van der Waals surface area contributed by atoms with E-state index in [2.05, 4.69) is 0 Å². The molecule has 1 aromatic carbocycles. The monoisotopic (exact) mass is 280 g/mol. The van der Waals surface area contributed by atoms with Gasteiger partial charge in [0.05, 0.1) is 18.5 Å². The Balaban J connectivity index is 2.62. The second kappa shape index (κ2) is 7.74. The molecule has 0 unspecified atom stereocenters. The Bertz CT molecular complexity index is 449. The van der Waals surface area contributed by atoms with Crippen LogP contribution in [0.4, 0.5) is 0 Å². The first-order valence-electron chi connectivity index (χ1n) is 6.25. The van der Waals surface area contributed by atoms with Gasteiger partial charge in [-0.2, -0.15) is 0 Å². The molecular weight excluding hydrogens is 260 g/mol. The van der Waals surface area contributed by atoms with Gasteiger partial charge in [0.1, 0.15) is 5.75 Å². The summed E-state index contributed by atoms with van der Waals surface area (Å²) < 4.78 is 5.14. The number of carbonyl (C=O) groups excluding carboxylic acids is 1. The number of hydrogen-bond donors (Lipinski definition) is 1. The van der Waals surface area contributed by atoms with E-state index in [1.807, 2.05) is 31.2 Å². The first kappa shape index (κ1) is 15.4. The van der Waals surface area contributed by atoms with Crippen molar-refractivity contribution in [2.45, 2.75) is 19.8 Å². The Morgan fingerprint density at radius 2 is 2.21 bits per heavy atom. The molecule has 5 heteroatoms. The maximum absolute atomic E-state index is 12.2. The van der Waals surface area contributed by atoms with Gasteiger partial charge >= 0.3 is 0 Å². The maximum atomic E-state index is 12.2. The number of benzene rings is 1. The quantitative estimate of drug-likeness (QED) is 0.773. The third kappa shape index (κ3) is 5.26. The van der Waals surface area contributed by atoms with Crippen LogP contribution >= 0.6 is 12.2 Å².